The lowest BCUT2D eigenvalue weighted by Gasteiger charge is -2.23. The van der Waals surface area contributed by atoms with Crippen molar-refractivity contribution in [1.82, 2.24) is 5.32 Å². The average molecular weight is 237 g/mol. The van der Waals surface area contributed by atoms with Crippen LogP contribution in [0.5, 0.6) is 11.5 Å². The molecule has 1 aromatic carbocycles. The Morgan fingerprint density at radius 2 is 1.82 bits per heavy atom. The van der Waals surface area contributed by atoms with Crippen LogP contribution in [0.15, 0.2) is 18.2 Å². The quantitative estimate of drug-likeness (QED) is 0.825. The van der Waals surface area contributed by atoms with Crippen molar-refractivity contribution in [2.75, 3.05) is 21.3 Å². The Morgan fingerprint density at radius 1 is 1.18 bits per heavy atom. The summed E-state index contributed by atoms with van der Waals surface area (Å²) < 4.78 is 10.6. The van der Waals surface area contributed by atoms with E-state index in [-0.39, 0.29) is 0 Å². The molecule has 0 saturated heterocycles. The SMILES string of the molecule is CCC(NC)C(C)c1ccc(OC)c(OC)c1. The van der Waals surface area contributed by atoms with Gasteiger partial charge in [0.25, 0.3) is 0 Å². The molecule has 0 aromatic heterocycles. The van der Waals surface area contributed by atoms with E-state index in [4.69, 9.17) is 9.47 Å². The van der Waals surface area contributed by atoms with Crippen molar-refractivity contribution in [2.24, 2.45) is 0 Å². The minimum Gasteiger partial charge on any atom is -0.493 e. The number of benzene rings is 1. The van der Waals surface area contributed by atoms with Gasteiger partial charge < -0.3 is 14.8 Å². The minimum absolute atomic E-state index is 0.449. The molecule has 0 aliphatic heterocycles. The number of rotatable bonds is 6. The molecule has 3 nitrogen and oxygen atoms in total. The summed E-state index contributed by atoms with van der Waals surface area (Å²) in [5.41, 5.74) is 1.27. The third-order valence-electron chi connectivity index (χ3n) is 3.35. The first kappa shape index (κ1) is 13.8. The van der Waals surface area contributed by atoms with Crippen LogP contribution in [0.1, 0.15) is 31.7 Å². The van der Waals surface area contributed by atoms with E-state index < -0.39 is 0 Å². The van der Waals surface area contributed by atoms with Gasteiger partial charge in [0.15, 0.2) is 11.5 Å². The van der Waals surface area contributed by atoms with Crippen molar-refractivity contribution < 1.29 is 9.47 Å². The van der Waals surface area contributed by atoms with Crippen molar-refractivity contribution in [2.45, 2.75) is 32.2 Å². The Morgan fingerprint density at radius 3 is 2.29 bits per heavy atom. The van der Waals surface area contributed by atoms with Gasteiger partial charge in [-0.15, -0.1) is 0 Å². The molecule has 0 aliphatic rings. The molecule has 0 bridgehead atoms. The maximum Gasteiger partial charge on any atom is 0.160 e. The number of hydrogen-bond donors (Lipinski definition) is 1. The first-order valence-electron chi connectivity index (χ1n) is 6.07. The van der Waals surface area contributed by atoms with Crippen LogP contribution in [0.25, 0.3) is 0 Å². The average Bonchev–Trinajstić information content (AvgIpc) is 2.39. The van der Waals surface area contributed by atoms with Gasteiger partial charge in [-0.05, 0) is 37.1 Å². The molecule has 0 fully saturated rings. The molecule has 2 unspecified atom stereocenters. The van der Waals surface area contributed by atoms with Gasteiger partial charge in [0.1, 0.15) is 0 Å². The van der Waals surface area contributed by atoms with E-state index in [0.717, 1.165) is 17.9 Å². The van der Waals surface area contributed by atoms with Gasteiger partial charge in [-0.1, -0.05) is 19.9 Å². The number of likely N-dealkylation sites (N-methyl/N-ethyl adjacent to an activating group) is 1. The molecule has 2 atom stereocenters. The molecule has 0 saturated carbocycles. The zero-order valence-electron chi connectivity index (χ0n) is 11.4. The van der Waals surface area contributed by atoms with E-state index in [2.05, 4.69) is 31.3 Å². The van der Waals surface area contributed by atoms with Crippen LogP contribution in [-0.4, -0.2) is 27.3 Å². The number of hydrogen-bond acceptors (Lipinski definition) is 3. The van der Waals surface area contributed by atoms with Crippen molar-refractivity contribution in [3.63, 3.8) is 0 Å². The predicted octanol–water partition coefficient (Wildman–Crippen LogP) is 2.81. The normalized spacial score (nSPS) is 14.2. The molecular weight excluding hydrogens is 214 g/mol. The standard InChI is InChI=1S/C14H23NO2/c1-6-12(15-3)10(2)11-7-8-13(16-4)14(9-11)17-5/h7-10,12,15H,6H2,1-5H3. The largest absolute Gasteiger partial charge is 0.493 e. The number of ether oxygens (including phenoxy) is 2. The van der Waals surface area contributed by atoms with Crippen LogP contribution in [0.4, 0.5) is 0 Å². The zero-order valence-corrected chi connectivity index (χ0v) is 11.4. The smallest absolute Gasteiger partial charge is 0.160 e. The van der Waals surface area contributed by atoms with Gasteiger partial charge in [0, 0.05) is 6.04 Å². The Balaban J connectivity index is 2.98. The molecule has 1 aromatic rings. The Kier molecular flexibility index (Phi) is 5.29. The lowest BCUT2D eigenvalue weighted by molar-refractivity contribution is 0.353. The third-order valence-corrected chi connectivity index (χ3v) is 3.35. The highest BCUT2D eigenvalue weighted by atomic mass is 16.5. The molecule has 17 heavy (non-hydrogen) atoms. The summed E-state index contributed by atoms with van der Waals surface area (Å²) in [6.45, 7) is 4.42. The van der Waals surface area contributed by atoms with Crippen molar-refractivity contribution in [3.8, 4) is 11.5 Å². The second kappa shape index (κ2) is 6.50. The molecule has 0 amide bonds. The summed E-state index contributed by atoms with van der Waals surface area (Å²) in [6.07, 6.45) is 1.10. The fraction of sp³-hybridized carbons (Fsp3) is 0.571. The van der Waals surface area contributed by atoms with E-state index in [1.54, 1.807) is 14.2 Å². The van der Waals surface area contributed by atoms with Crippen molar-refractivity contribution >= 4 is 0 Å². The topological polar surface area (TPSA) is 30.5 Å². The monoisotopic (exact) mass is 237 g/mol. The van der Waals surface area contributed by atoms with Crippen LogP contribution in [0.2, 0.25) is 0 Å². The second-order valence-electron chi connectivity index (χ2n) is 4.21. The summed E-state index contributed by atoms with van der Waals surface area (Å²) in [4.78, 5) is 0. The van der Waals surface area contributed by atoms with Gasteiger partial charge in [0.05, 0.1) is 14.2 Å². The fourth-order valence-electron chi connectivity index (χ4n) is 2.18. The lowest BCUT2D eigenvalue weighted by Crippen LogP contribution is -2.29. The maximum absolute atomic E-state index is 5.33. The van der Waals surface area contributed by atoms with Crippen LogP contribution < -0.4 is 14.8 Å². The van der Waals surface area contributed by atoms with E-state index >= 15 is 0 Å². The van der Waals surface area contributed by atoms with Crippen LogP contribution in [0, 0.1) is 0 Å². The van der Waals surface area contributed by atoms with Crippen LogP contribution >= 0.6 is 0 Å². The Hall–Kier alpha value is -1.22. The highest BCUT2D eigenvalue weighted by Crippen LogP contribution is 2.31. The van der Waals surface area contributed by atoms with E-state index in [1.165, 1.54) is 5.56 Å². The molecule has 1 rings (SSSR count). The number of nitrogens with one attached hydrogen (secondary N) is 1. The first-order chi connectivity index (χ1) is 8.17. The van der Waals surface area contributed by atoms with Gasteiger partial charge in [-0.25, -0.2) is 0 Å². The van der Waals surface area contributed by atoms with Gasteiger partial charge >= 0.3 is 0 Å². The summed E-state index contributed by atoms with van der Waals surface area (Å²) in [6, 6.07) is 6.61. The van der Waals surface area contributed by atoms with Crippen LogP contribution in [-0.2, 0) is 0 Å². The second-order valence-corrected chi connectivity index (χ2v) is 4.21. The molecule has 0 heterocycles. The van der Waals surface area contributed by atoms with Gasteiger partial charge in [-0.2, -0.15) is 0 Å². The molecule has 0 aliphatic carbocycles. The lowest BCUT2D eigenvalue weighted by atomic mass is 9.91. The molecule has 3 heteroatoms. The predicted molar refractivity (Wildman–Crippen MR) is 71.1 cm³/mol. The summed E-state index contributed by atoms with van der Waals surface area (Å²) in [5.74, 6) is 2.02. The van der Waals surface area contributed by atoms with Crippen molar-refractivity contribution in [1.29, 1.82) is 0 Å². The van der Waals surface area contributed by atoms with Crippen LogP contribution in [0.3, 0.4) is 0 Å². The molecule has 1 N–H and O–H groups in total. The van der Waals surface area contributed by atoms with Gasteiger partial charge in [-0.3, -0.25) is 0 Å². The summed E-state index contributed by atoms with van der Waals surface area (Å²) in [5, 5.41) is 3.34. The zero-order chi connectivity index (χ0) is 12.8. The minimum atomic E-state index is 0.449. The highest BCUT2D eigenvalue weighted by Gasteiger charge is 2.17. The van der Waals surface area contributed by atoms with Crippen molar-refractivity contribution in [3.05, 3.63) is 23.8 Å². The van der Waals surface area contributed by atoms with E-state index in [9.17, 15) is 0 Å². The Bertz CT molecular complexity index is 348. The summed E-state index contributed by atoms with van der Waals surface area (Å²) >= 11 is 0. The first-order valence-corrected chi connectivity index (χ1v) is 6.07. The molecular formula is C14H23NO2. The fourth-order valence-corrected chi connectivity index (χ4v) is 2.18. The van der Waals surface area contributed by atoms with E-state index in [1.807, 2.05) is 13.1 Å². The summed E-state index contributed by atoms with van der Waals surface area (Å²) in [7, 11) is 5.33. The maximum atomic E-state index is 5.33. The highest BCUT2D eigenvalue weighted by molar-refractivity contribution is 5.44. The Labute approximate surface area is 104 Å². The molecule has 0 spiro atoms. The van der Waals surface area contributed by atoms with E-state index in [0.29, 0.717) is 12.0 Å². The third kappa shape index (κ3) is 3.13. The molecule has 0 radical (unpaired) electrons. The van der Waals surface area contributed by atoms with Gasteiger partial charge in [0.2, 0.25) is 0 Å². The number of methoxy groups -OCH3 is 2. The molecule has 96 valence electrons.